The third kappa shape index (κ3) is 5.69. The highest BCUT2D eigenvalue weighted by Crippen LogP contribution is 2.33. The summed E-state index contributed by atoms with van der Waals surface area (Å²) in [5, 5.41) is 8.81. The van der Waals surface area contributed by atoms with Gasteiger partial charge in [0.1, 0.15) is 22.4 Å². The number of methoxy groups -OCH3 is 1. The van der Waals surface area contributed by atoms with Gasteiger partial charge in [0.2, 0.25) is 0 Å². The molecule has 32 heavy (non-hydrogen) atoms. The molecule has 8 heteroatoms. The van der Waals surface area contributed by atoms with Crippen LogP contribution in [0.25, 0.3) is 6.08 Å². The van der Waals surface area contributed by atoms with E-state index in [9.17, 15) is 9.59 Å². The SMILES string of the molecule is COc1ccc(/C=C2\SC(=S)N(CCCC(=O)O)C2=O)cc1COc1cccc(C)c1C. The van der Waals surface area contributed by atoms with Crippen molar-refractivity contribution in [1.82, 2.24) is 4.90 Å². The molecule has 1 fully saturated rings. The molecular weight excluding hydrogens is 446 g/mol. The van der Waals surface area contributed by atoms with Crippen LogP contribution >= 0.6 is 24.0 Å². The van der Waals surface area contributed by atoms with Crippen molar-refractivity contribution in [2.75, 3.05) is 13.7 Å². The lowest BCUT2D eigenvalue weighted by Gasteiger charge is -2.14. The number of aryl methyl sites for hydroxylation is 1. The smallest absolute Gasteiger partial charge is 0.303 e. The molecule has 2 aromatic rings. The summed E-state index contributed by atoms with van der Waals surface area (Å²) < 4.78 is 12.0. The fraction of sp³-hybridized carbons (Fsp3) is 0.292. The highest BCUT2D eigenvalue weighted by Gasteiger charge is 2.31. The average molecular weight is 472 g/mol. The van der Waals surface area contributed by atoms with E-state index in [4.69, 9.17) is 26.8 Å². The maximum atomic E-state index is 12.7. The maximum Gasteiger partial charge on any atom is 0.303 e. The van der Waals surface area contributed by atoms with Gasteiger partial charge in [0.15, 0.2) is 0 Å². The first kappa shape index (κ1) is 23.8. The molecule has 1 saturated heterocycles. The van der Waals surface area contributed by atoms with Crippen molar-refractivity contribution in [2.45, 2.75) is 33.3 Å². The van der Waals surface area contributed by atoms with Gasteiger partial charge in [-0.3, -0.25) is 14.5 Å². The molecule has 2 aromatic carbocycles. The fourth-order valence-corrected chi connectivity index (χ4v) is 4.58. The average Bonchev–Trinajstić information content (AvgIpc) is 3.02. The van der Waals surface area contributed by atoms with Gasteiger partial charge < -0.3 is 14.6 Å². The Hall–Kier alpha value is -2.84. The zero-order valence-electron chi connectivity index (χ0n) is 18.2. The molecule has 0 saturated carbocycles. The summed E-state index contributed by atoms with van der Waals surface area (Å²) in [4.78, 5) is 25.4. The van der Waals surface area contributed by atoms with Gasteiger partial charge in [-0.2, -0.15) is 0 Å². The summed E-state index contributed by atoms with van der Waals surface area (Å²) in [6.45, 7) is 4.69. The number of rotatable bonds is 9. The van der Waals surface area contributed by atoms with Crippen molar-refractivity contribution in [1.29, 1.82) is 0 Å². The molecule has 0 atom stereocenters. The van der Waals surface area contributed by atoms with E-state index in [0.717, 1.165) is 28.0 Å². The predicted octanol–water partition coefficient (Wildman–Crippen LogP) is 4.96. The second kappa shape index (κ2) is 10.7. The van der Waals surface area contributed by atoms with Gasteiger partial charge in [0, 0.05) is 18.5 Å². The summed E-state index contributed by atoms with van der Waals surface area (Å²) in [5.74, 6) is 0.433. The molecular formula is C24H25NO5S2. The summed E-state index contributed by atoms with van der Waals surface area (Å²) in [5.41, 5.74) is 3.94. The lowest BCUT2D eigenvalue weighted by Crippen LogP contribution is -2.29. The van der Waals surface area contributed by atoms with Crippen LogP contribution in [0.4, 0.5) is 0 Å². The van der Waals surface area contributed by atoms with E-state index >= 15 is 0 Å². The molecule has 0 spiro atoms. The van der Waals surface area contributed by atoms with Crippen LogP contribution in [0.15, 0.2) is 41.3 Å². The van der Waals surface area contributed by atoms with E-state index < -0.39 is 5.97 Å². The Labute approximate surface area is 197 Å². The van der Waals surface area contributed by atoms with Crippen LogP contribution in [-0.2, 0) is 16.2 Å². The van der Waals surface area contributed by atoms with E-state index in [1.165, 1.54) is 16.7 Å². The molecule has 1 amide bonds. The van der Waals surface area contributed by atoms with Crippen LogP contribution in [0.3, 0.4) is 0 Å². The Morgan fingerprint density at radius 3 is 2.72 bits per heavy atom. The van der Waals surface area contributed by atoms with Gasteiger partial charge in [-0.25, -0.2) is 0 Å². The Balaban J connectivity index is 1.76. The molecule has 0 aliphatic carbocycles. The van der Waals surface area contributed by atoms with E-state index in [0.29, 0.717) is 34.5 Å². The normalized spacial score (nSPS) is 14.8. The number of aliphatic carboxylic acids is 1. The first-order valence-corrected chi connectivity index (χ1v) is 11.4. The lowest BCUT2D eigenvalue weighted by molar-refractivity contribution is -0.137. The molecule has 0 aromatic heterocycles. The minimum Gasteiger partial charge on any atom is -0.496 e. The zero-order chi connectivity index (χ0) is 23.3. The second-order valence-corrected chi connectivity index (χ2v) is 9.06. The lowest BCUT2D eigenvalue weighted by atomic mass is 10.1. The quantitative estimate of drug-likeness (QED) is 0.409. The molecule has 1 aliphatic heterocycles. The first-order chi connectivity index (χ1) is 15.3. The monoisotopic (exact) mass is 471 g/mol. The number of thioether (sulfide) groups is 1. The van der Waals surface area contributed by atoms with Gasteiger partial charge in [-0.15, -0.1) is 0 Å². The van der Waals surface area contributed by atoms with Crippen molar-refractivity contribution < 1.29 is 24.2 Å². The Bertz CT molecular complexity index is 1080. The van der Waals surface area contributed by atoms with Crippen molar-refractivity contribution in [3.05, 3.63) is 63.6 Å². The fourth-order valence-electron chi connectivity index (χ4n) is 3.27. The Morgan fingerprint density at radius 2 is 2.00 bits per heavy atom. The number of hydrogen-bond donors (Lipinski definition) is 1. The number of carboxylic acid groups (broad SMARTS) is 1. The van der Waals surface area contributed by atoms with Gasteiger partial charge in [0.05, 0.1) is 12.0 Å². The first-order valence-electron chi connectivity index (χ1n) is 10.1. The van der Waals surface area contributed by atoms with E-state index in [-0.39, 0.29) is 12.3 Å². The number of carboxylic acids is 1. The van der Waals surface area contributed by atoms with Crippen LogP contribution in [0, 0.1) is 13.8 Å². The van der Waals surface area contributed by atoms with Crippen molar-refractivity contribution in [2.24, 2.45) is 0 Å². The van der Waals surface area contributed by atoms with Crippen LogP contribution in [0.5, 0.6) is 11.5 Å². The summed E-state index contributed by atoms with van der Waals surface area (Å²) in [6.07, 6.45) is 2.15. The Kier molecular flexibility index (Phi) is 7.93. The molecule has 1 N–H and O–H groups in total. The topological polar surface area (TPSA) is 76.1 Å². The number of thiocarbonyl (C=S) groups is 1. The molecule has 3 rings (SSSR count). The molecule has 1 aliphatic rings. The second-order valence-electron chi connectivity index (χ2n) is 7.39. The van der Waals surface area contributed by atoms with E-state index in [1.54, 1.807) is 13.2 Å². The van der Waals surface area contributed by atoms with Crippen molar-refractivity contribution in [3.63, 3.8) is 0 Å². The third-order valence-electron chi connectivity index (χ3n) is 5.19. The van der Waals surface area contributed by atoms with Gasteiger partial charge in [-0.05, 0) is 61.2 Å². The zero-order valence-corrected chi connectivity index (χ0v) is 19.8. The number of amides is 1. The van der Waals surface area contributed by atoms with Gasteiger partial charge in [0.25, 0.3) is 5.91 Å². The number of nitrogens with zero attached hydrogens (tertiary/aromatic N) is 1. The maximum absolute atomic E-state index is 12.7. The molecule has 6 nitrogen and oxygen atoms in total. The minimum atomic E-state index is -0.889. The number of benzene rings is 2. The number of carbonyl (C=O) groups is 2. The van der Waals surface area contributed by atoms with Crippen LogP contribution in [0.1, 0.15) is 35.1 Å². The van der Waals surface area contributed by atoms with Gasteiger partial charge in [-0.1, -0.05) is 42.2 Å². The molecule has 168 valence electrons. The largest absolute Gasteiger partial charge is 0.496 e. The predicted molar refractivity (Wildman–Crippen MR) is 130 cm³/mol. The summed E-state index contributed by atoms with van der Waals surface area (Å²) in [6, 6.07) is 11.6. The van der Waals surface area contributed by atoms with Crippen LogP contribution in [0.2, 0.25) is 0 Å². The molecule has 0 unspecified atom stereocenters. The highest BCUT2D eigenvalue weighted by atomic mass is 32.2. The molecule has 1 heterocycles. The van der Waals surface area contributed by atoms with E-state index in [2.05, 4.69) is 0 Å². The number of hydrogen-bond acceptors (Lipinski definition) is 6. The van der Waals surface area contributed by atoms with Crippen LogP contribution in [-0.4, -0.2) is 39.9 Å². The van der Waals surface area contributed by atoms with Crippen molar-refractivity contribution in [3.8, 4) is 11.5 Å². The van der Waals surface area contributed by atoms with Gasteiger partial charge >= 0.3 is 5.97 Å². The standard InChI is InChI=1S/C24H25NO5S2/c1-15-6-4-7-19(16(15)2)30-14-18-12-17(9-10-20(18)29-3)13-21-23(28)25(24(31)32-21)11-5-8-22(26)27/h4,6-7,9-10,12-13H,5,8,11,14H2,1-3H3,(H,26,27)/b21-13-. The van der Waals surface area contributed by atoms with E-state index in [1.807, 2.05) is 50.2 Å². The number of carbonyl (C=O) groups excluding carboxylic acids is 1. The summed E-state index contributed by atoms with van der Waals surface area (Å²) >= 11 is 6.54. The van der Waals surface area contributed by atoms with Crippen LogP contribution < -0.4 is 9.47 Å². The molecule has 0 bridgehead atoms. The molecule has 0 radical (unpaired) electrons. The Morgan fingerprint density at radius 1 is 1.22 bits per heavy atom. The highest BCUT2D eigenvalue weighted by molar-refractivity contribution is 8.26. The third-order valence-corrected chi connectivity index (χ3v) is 6.56. The minimum absolute atomic E-state index is 0.00163. The number of ether oxygens (including phenoxy) is 2. The summed E-state index contributed by atoms with van der Waals surface area (Å²) in [7, 11) is 1.61. The van der Waals surface area contributed by atoms with Crippen molar-refractivity contribution >= 4 is 46.3 Å².